The van der Waals surface area contributed by atoms with Crippen LogP contribution in [0.2, 0.25) is 0 Å². The standard InChI is InChI=1S/C18H26N2O/c1-13(2)11-20-12-17(14(3)4)9-15-6-7-18(21-5)16(8-15)10-19/h6-9,13-14,20H,11-12H2,1-5H3. The van der Waals surface area contributed by atoms with Gasteiger partial charge in [0.05, 0.1) is 12.7 Å². The summed E-state index contributed by atoms with van der Waals surface area (Å²) in [5.74, 6) is 1.74. The molecule has 0 fully saturated rings. The maximum Gasteiger partial charge on any atom is 0.136 e. The number of nitrogens with one attached hydrogen (secondary N) is 1. The molecule has 114 valence electrons. The molecule has 1 rings (SSSR count). The summed E-state index contributed by atoms with van der Waals surface area (Å²) >= 11 is 0. The SMILES string of the molecule is COc1ccc(C=C(CNCC(C)C)C(C)C)cc1C#N. The summed E-state index contributed by atoms with van der Waals surface area (Å²) < 4.78 is 5.18. The summed E-state index contributed by atoms with van der Waals surface area (Å²) in [6, 6.07) is 7.90. The summed E-state index contributed by atoms with van der Waals surface area (Å²) in [5, 5.41) is 12.6. The van der Waals surface area contributed by atoms with Crippen LogP contribution in [0.1, 0.15) is 38.8 Å². The monoisotopic (exact) mass is 286 g/mol. The quantitative estimate of drug-likeness (QED) is 0.828. The molecule has 0 atom stereocenters. The van der Waals surface area contributed by atoms with Gasteiger partial charge in [0.25, 0.3) is 0 Å². The zero-order valence-electron chi connectivity index (χ0n) is 13.7. The van der Waals surface area contributed by atoms with Crippen molar-refractivity contribution in [2.75, 3.05) is 20.2 Å². The van der Waals surface area contributed by atoms with Crippen LogP contribution in [0.5, 0.6) is 5.75 Å². The molecular weight excluding hydrogens is 260 g/mol. The fraction of sp³-hybridized carbons (Fsp3) is 0.500. The third-order valence-electron chi connectivity index (χ3n) is 3.32. The molecule has 0 aliphatic carbocycles. The summed E-state index contributed by atoms with van der Waals surface area (Å²) in [7, 11) is 1.58. The van der Waals surface area contributed by atoms with Gasteiger partial charge in [-0.25, -0.2) is 0 Å². The second kappa shape index (κ2) is 8.49. The molecular formula is C18H26N2O. The van der Waals surface area contributed by atoms with Gasteiger partial charge in [0.2, 0.25) is 0 Å². The Labute approximate surface area is 128 Å². The van der Waals surface area contributed by atoms with Crippen molar-refractivity contribution in [1.82, 2.24) is 5.32 Å². The first-order chi connectivity index (χ1) is 9.97. The van der Waals surface area contributed by atoms with Gasteiger partial charge in [-0.15, -0.1) is 0 Å². The molecule has 3 nitrogen and oxygen atoms in total. The predicted octanol–water partition coefficient (Wildman–Crippen LogP) is 3.85. The number of hydrogen-bond acceptors (Lipinski definition) is 3. The second-order valence-corrected chi connectivity index (χ2v) is 5.97. The van der Waals surface area contributed by atoms with Crippen LogP contribution in [0.15, 0.2) is 23.8 Å². The summed E-state index contributed by atoms with van der Waals surface area (Å²) in [4.78, 5) is 0. The molecule has 0 aliphatic heterocycles. The van der Waals surface area contributed by atoms with E-state index in [1.165, 1.54) is 5.57 Å². The summed E-state index contributed by atoms with van der Waals surface area (Å²) in [5.41, 5.74) is 2.96. The van der Waals surface area contributed by atoms with Crippen molar-refractivity contribution in [2.24, 2.45) is 11.8 Å². The minimum absolute atomic E-state index is 0.470. The molecule has 1 N–H and O–H groups in total. The van der Waals surface area contributed by atoms with Crippen molar-refractivity contribution in [3.8, 4) is 11.8 Å². The molecule has 21 heavy (non-hydrogen) atoms. The second-order valence-electron chi connectivity index (χ2n) is 5.97. The molecule has 0 aliphatic rings. The number of nitriles is 1. The third-order valence-corrected chi connectivity index (χ3v) is 3.32. The Kier molecular flexibility index (Phi) is 6.98. The highest BCUT2D eigenvalue weighted by Crippen LogP contribution is 2.21. The van der Waals surface area contributed by atoms with E-state index in [-0.39, 0.29) is 0 Å². The number of ether oxygens (including phenoxy) is 1. The molecule has 0 amide bonds. The van der Waals surface area contributed by atoms with Crippen molar-refractivity contribution in [3.05, 3.63) is 34.9 Å². The Balaban J connectivity index is 2.92. The largest absolute Gasteiger partial charge is 0.495 e. The molecule has 3 heteroatoms. The van der Waals surface area contributed by atoms with E-state index in [0.717, 1.165) is 18.7 Å². The van der Waals surface area contributed by atoms with E-state index in [1.807, 2.05) is 18.2 Å². The lowest BCUT2D eigenvalue weighted by Gasteiger charge is -2.14. The highest BCUT2D eigenvalue weighted by atomic mass is 16.5. The first-order valence-electron chi connectivity index (χ1n) is 7.47. The van der Waals surface area contributed by atoms with Crippen molar-refractivity contribution in [2.45, 2.75) is 27.7 Å². The zero-order chi connectivity index (χ0) is 15.8. The van der Waals surface area contributed by atoms with Gasteiger partial charge in [0.15, 0.2) is 0 Å². The lowest BCUT2D eigenvalue weighted by molar-refractivity contribution is 0.413. The Morgan fingerprint density at radius 1 is 1.33 bits per heavy atom. The number of benzene rings is 1. The van der Waals surface area contributed by atoms with Gasteiger partial charge < -0.3 is 10.1 Å². The Bertz CT molecular complexity index is 525. The molecule has 0 saturated heterocycles. The Hall–Kier alpha value is -1.79. The van der Waals surface area contributed by atoms with E-state index in [2.05, 4.69) is 45.2 Å². The van der Waals surface area contributed by atoms with Crippen LogP contribution in [0, 0.1) is 23.2 Å². The van der Waals surface area contributed by atoms with Crippen LogP contribution in [0.3, 0.4) is 0 Å². The van der Waals surface area contributed by atoms with E-state index < -0.39 is 0 Å². The molecule has 0 spiro atoms. The Morgan fingerprint density at radius 2 is 2.05 bits per heavy atom. The number of methoxy groups -OCH3 is 1. The first kappa shape index (κ1) is 17.3. The van der Waals surface area contributed by atoms with Crippen molar-refractivity contribution < 1.29 is 4.74 Å². The van der Waals surface area contributed by atoms with E-state index in [9.17, 15) is 0 Å². The zero-order valence-corrected chi connectivity index (χ0v) is 13.7. The van der Waals surface area contributed by atoms with Crippen molar-refractivity contribution in [3.63, 3.8) is 0 Å². The van der Waals surface area contributed by atoms with E-state index in [4.69, 9.17) is 10.00 Å². The third kappa shape index (κ3) is 5.61. The van der Waals surface area contributed by atoms with Crippen molar-refractivity contribution >= 4 is 6.08 Å². The molecule has 0 radical (unpaired) electrons. The minimum Gasteiger partial charge on any atom is -0.495 e. The number of nitrogens with zero attached hydrogens (tertiary/aromatic N) is 1. The van der Waals surface area contributed by atoms with E-state index >= 15 is 0 Å². The van der Waals surface area contributed by atoms with Crippen molar-refractivity contribution in [1.29, 1.82) is 5.26 Å². The number of rotatable bonds is 7. The molecule has 1 aromatic carbocycles. The first-order valence-corrected chi connectivity index (χ1v) is 7.47. The molecule has 0 saturated carbocycles. The van der Waals surface area contributed by atoms with Crippen LogP contribution in [0.25, 0.3) is 6.08 Å². The maximum atomic E-state index is 9.16. The molecule has 0 bridgehead atoms. The average Bonchev–Trinajstić information content (AvgIpc) is 2.45. The fourth-order valence-electron chi connectivity index (χ4n) is 2.04. The number of hydrogen-bond donors (Lipinski definition) is 1. The molecule has 0 heterocycles. The van der Waals surface area contributed by atoms with Gasteiger partial charge in [-0.2, -0.15) is 5.26 Å². The predicted molar refractivity (Wildman–Crippen MR) is 88.2 cm³/mol. The maximum absolute atomic E-state index is 9.16. The molecule has 0 aromatic heterocycles. The highest BCUT2D eigenvalue weighted by Gasteiger charge is 2.06. The topological polar surface area (TPSA) is 45.0 Å². The van der Waals surface area contributed by atoms with E-state index in [1.54, 1.807) is 7.11 Å². The van der Waals surface area contributed by atoms with Crippen LogP contribution < -0.4 is 10.1 Å². The van der Waals surface area contributed by atoms with Gasteiger partial charge in [-0.1, -0.05) is 45.4 Å². The highest BCUT2D eigenvalue weighted by molar-refractivity contribution is 5.59. The molecule has 0 unspecified atom stereocenters. The smallest absolute Gasteiger partial charge is 0.136 e. The fourth-order valence-corrected chi connectivity index (χ4v) is 2.04. The lowest BCUT2D eigenvalue weighted by Crippen LogP contribution is -2.23. The summed E-state index contributed by atoms with van der Waals surface area (Å²) in [6.45, 7) is 10.7. The van der Waals surface area contributed by atoms with Crippen LogP contribution >= 0.6 is 0 Å². The van der Waals surface area contributed by atoms with Crippen LogP contribution in [-0.4, -0.2) is 20.2 Å². The molecule has 1 aromatic rings. The van der Waals surface area contributed by atoms with E-state index in [0.29, 0.717) is 23.1 Å². The van der Waals surface area contributed by atoms with Gasteiger partial charge in [-0.05, 0) is 36.1 Å². The van der Waals surface area contributed by atoms with Crippen LogP contribution in [0.4, 0.5) is 0 Å². The normalized spacial score (nSPS) is 11.8. The van der Waals surface area contributed by atoms with Gasteiger partial charge in [-0.3, -0.25) is 0 Å². The lowest BCUT2D eigenvalue weighted by atomic mass is 9.99. The van der Waals surface area contributed by atoms with Gasteiger partial charge in [0, 0.05) is 6.54 Å². The van der Waals surface area contributed by atoms with Gasteiger partial charge >= 0.3 is 0 Å². The Morgan fingerprint density at radius 3 is 2.57 bits per heavy atom. The summed E-state index contributed by atoms with van der Waals surface area (Å²) in [6.07, 6.45) is 2.16. The van der Waals surface area contributed by atoms with Crippen LogP contribution in [-0.2, 0) is 0 Å². The minimum atomic E-state index is 0.470. The van der Waals surface area contributed by atoms with Gasteiger partial charge in [0.1, 0.15) is 11.8 Å². The average molecular weight is 286 g/mol.